The zero-order valence-electron chi connectivity index (χ0n) is 24.2. The lowest BCUT2D eigenvalue weighted by molar-refractivity contribution is -0.145. The third-order valence-corrected chi connectivity index (χ3v) is 7.24. The molecule has 2 aliphatic heterocycles. The van der Waals surface area contributed by atoms with E-state index in [1.54, 1.807) is 21.1 Å². The number of carbonyl (C=O) groups excluding carboxylic acids is 2. The minimum absolute atomic E-state index is 0.0668. The van der Waals surface area contributed by atoms with Crippen LogP contribution in [0.5, 0.6) is 11.5 Å². The van der Waals surface area contributed by atoms with Crippen molar-refractivity contribution in [1.29, 1.82) is 0 Å². The van der Waals surface area contributed by atoms with E-state index in [1.165, 1.54) is 0 Å². The third-order valence-electron chi connectivity index (χ3n) is 7.24. The maximum Gasteiger partial charge on any atom is 0.495 e. The molecule has 1 unspecified atom stereocenters. The normalized spacial score (nSPS) is 18.7. The first-order valence-corrected chi connectivity index (χ1v) is 12.9. The molecule has 1 atom stereocenters. The van der Waals surface area contributed by atoms with E-state index < -0.39 is 31.5 Å². The predicted molar refractivity (Wildman–Crippen MR) is 149 cm³/mol. The number of carbonyl (C=O) groups is 2. The number of fused-ring (bicyclic) bond motifs is 1. The van der Waals surface area contributed by atoms with Gasteiger partial charge in [-0.15, -0.1) is 0 Å². The van der Waals surface area contributed by atoms with Gasteiger partial charge in [0.1, 0.15) is 11.5 Å². The van der Waals surface area contributed by atoms with Crippen LogP contribution in [0.25, 0.3) is 0 Å². The van der Waals surface area contributed by atoms with Crippen LogP contribution in [0.1, 0.15) is 74.2 Å². The van der Waals surface area contributed by atoms with Crippen molar-refractivity contribution in [3.63, 3.8) is 0 Å². The van der Waals surface area contributed by atoms with Crippen LogP contribution in [0, 0.1) is 13.8 Å². The maximum absolute atomic E-state index is 11.6. The van der Waals surface area contributed by atoms with Crippen LogP contribution in [-0.4, -0.2) is 63.5 Å². The number of ether oxygens (including phenoxy) is 3. The molecule has 0 aromatic heterocycles. The van der Waals surface area contributed by atoms with Crippen LogP contribution in [0.3, 0.4) is 0 Å². The number of methoxy groups -OCH3 is 2. The van der Waals surface area contributed by atoms with Gasteiger partial charge in [-0.2, -0.15) is 0 Å². The molecule has 4 rings (SSSR count). The van der Waals surface area contributed by atoms with Crippen molar-refractivity contribution in [1.82, 2.24) is 0 Å². The number of hydrogen-bond donors (Lipinski definition) is 1. The Kier molecular flexibility index (Phi) is 9.54. The zero-order valence-corrected chi connectivity index (χ0v) is 24.2. The van der Waals surface area contributed by atoms with Crippen molar-refractivity contribution in [3.8, 4) is 11.5 Å². The molecule has 0 saturated carbocycles. The summed E-state index contributed by atoms with van der Waals surface area (Å²) in [4.78, 5) is 23.0. The van der Waals surface area contributed by atoms with E-state index in [1.807, 2.05) is 65.8 Å². The number of esters is 1. The second-order valence-electron chi connectivity index (χ2n) is 10.6. The Morgan fingerprint density at radius 2 is 1.51 bits per heavy atom. The predicted octanol–water partition coefficient (Wildman–Crippen LogP) is 2.83. The number of benzene rings is 2. The van der Waals surface area contributed by atoms with Gasteiger partial charge >= 0.3 is 20.2 Å². The number of hydrogen-bond acceptors (Lipinski definition) is 9. The van der Waals surface area contributed by atoms with E-state index in [0.29, 0.717) is 29.1 Å². The molecular weight excluding hydrogens is 502 g/mol. The van der Waals surface area contributed by atoms with E-state index in [2.05, 4.69) is 0 Å². The molecule has 11 heteroatoms. The quantitative estimate of drug-likeness (QED) is 0.322. The second kappa shape index (κ2) is 12.1. The molecule has 2 aromatic rings. The third kappa shape index (κ3) is 6.49. The minimum Gasteiger partial charge on any atom is -0.496 e. The molecule has 1 fully saturated rings. The molecule has 39 heavy (non-hydrogen) atoms. The highest BCUT2D eigenvalue weighted by molar-refractivity contribution is 6.63. The molecule has 2 aromatic carbocycles. The van der Waals surface area contributed by atoms with Crippen molar-refractivity contribution < 1.29 is 42.8 Å². The summed E-state index contributed by atoms with van der Waals surface area (Å²) in [5, 5.41) is 9.91. The van der Waals surface area contributed by atoms with Crippen molar-refractivity contribution in [2.45, 2.75) is 72.2 Å². The van der Waals surface area contributed by atoms with E-state index in [9.17, 15) is 14.6 Å². The molecule has 0 bridgehead atoms. The molecule has 1 N–H and O–H groups in total. The van der Waals surface area contributed by atoms with Gasteiger partial charge in [0, 0.05) is 5.56 Å². The Labute approximate surface area is 231 Å². The molecule has 0 amide bonds. The highest BCUT2D eigenvalue weighted by atomic mass is 16.7. The fourth-order valence-electron chi connectivity index (χ4n) is 4.58. The fourth-order valence-corrected chi connectivity index (χ4v) is 4.58. The van der Waals surface area contributed by atoms with Crippen LogP contribution < -0.4 is 20.4 Å². The summed E-state index contributed by atoms with van der Waals surface area (Å²) in [5.74, 6) is 0.820. The van der Waals surface area contributed by atoms with Crippen molar-refractivity contribution >= 4 is 37.4 Å². The lowest BCUT2D eigenvalue weighted by atomic mass is 9.75. The van der Waals surface area contributed by atoms with Crippen molar-refractivity contribution in [2.24, 2.45) is 0 Å². The SMILES string of the molecule is CCOC(=O)CC1OB(O)c2cc(C)cc(OC)c21.COc1cc(C)cc(B2OC(C)(C)C(C)(C)O2)c1C=O. The molecule has 2 heterocycles. The van der Waals surface area contributed by atoms with Gasteiger partial charge in [0.25, 0.3) is 0 Å². The maximum atomic E-state index is 11.6. The molecule has 0 aliphatic carbocycles. The van der Waals surface area contributed by atoms with Crippen molar-refractivity contribution in [2.75, 3.05) is 20.8 Å². The zero-order chi connectivity index (χ0) is 29.1. The van der Waals surface area contributed by atoms with Gasteiger partial charge < -0.3 is 33.2 Å². The summed E-state index contributed by atoms with van der Waals surface area (Å²) < 4.78 is 32.9. The Morgan fingerprint density at radius 3 is 2.03 bits per heavy atom. The van der Waals surface area contributed by atoms with Crippen LogP contribution in [0.2, 0.25) is 0 Å². The van der Waals surface area contributed by atoms with Gasteiger partial charge in [-0.25, -0.2) is 0 Å². The van der Waals surface area contributed by atoms with Crippen LogP contribution in [-0.2, 0) is 23.5 Å². The largest absolute Gasteiger partial charge is 0.496 e. The summed E-state index contributed by atoms with van der Waals surface area (Å²) in [6.07, 6.45) is 0.329. The summed E-state index contributed by atoms with van der Waals surface area (Å²) >= 11 is 0. The highest BCUT2D eigenvalue weighted by Gasteiger charge is 2.52. The first kappa shape index (κ1) is 30.7. The van der Waals surface area contributed by atoms with Gasteiger partial charge in [-0.1, -0.05) is 12.1 Å². The first-order valence-electron chi connectivity index (χ1n) is 12.9. The Bertz CT molecular complexity index is 1200. The first-order chi connectivity index (χ1) is 18.3. The van der Waals surface area contributed by atoms with E-state index in [-0.39, 0.29) is 12.4 Å². The average molecular weight is 540 g/mol. The number of aldehydes is 1. The van der Waals surface area contributed by atoms with Gasteiger partial charge in [-0.05, 0) is 82.7 Å². The molecule has 1 saturated heterocycles. The monoisotopic (exact) mass is 540 g/mol. The summed E-state index contributed by atoms with van der Waals surface area (Å²) in [7, 11) is 1.52. The summed E-state index contributed by atoms with van der Waals surface area (Å²) in [6.45, 7) is 13.9. The van der Waals surface area contributed by atoms with Gasteiger partial charge in [0.2, 0.25) is 0 Å². The lowest BCUT2D eigenvalue weighted by Crippen LogP contribution is -2.41. The molecule has 0 radical (unpaired) electrons. The smallest absolute Gasteiger partial charge is 0.495 e. The minimum atomic E-state index is -1.02. The van der Waals surface area contributed by atoms with Gasteiger partial charge in [0.15, 0.2) is 6.29 Å². The second-order valence-corrected chi connectivity index (χ2v) is 10.6. The lowest BCUT2D eigenvalue weighted by Gasteiger charge is -2.32. The van der Waals surface area contributed by atoms with Crippen LogP contribution >= 0.6 is 0 Å². The van der Waals surface area contributed by atoms with Crippen LogP contribution in [0.15, 0.2) is 24.3 Å². The Hall–Kier alpha value is -2.85. The fraction of sp³-hybridized carbons (Fsp3) is 0.500. The van der Waals surface area contributed by atoms with Gasteiger partial charge in [-0.3, -0.25) is 9.59 Å². The summed E-state index contributed by atoms with van der Waals surface area (Å²) in [5.41, 5.74) is 3.68. The molecular formula is C28H38B2O9. The topological polar surface area (TPSA) is 110 Å². The number of rotatable bonds is 7. The van der Waals surface area contributed by atoms with E-state index in [0.717, 1.165) is 28.4 Å². The standard InChI is InChI=1S/C15H21BO4.C13H17BO5/c1-10-7-12(11(9-17)13(8-10)18-6)16-19-14(2,3)15(4,5)20-16;1-4-18-12(15)7-11-13-9(14(16)19-11)5-8(2)6-10(13)17-3/h7-9H,1-6H3;5-6,11,16H,4,7H2,1-3H3. The Balaban J connectivity index is 0.000000216. The molecule has 2 aliphatic rings. The highest BCUT2D eigenvalue weighted by Crippen LogP contribution is 2.37. The molecule has 0 spiro atoms. The summed E-state index contributed by atoms with van der Waals surface area (Å²) in [6, 6.07) is 7.44. The number of aryl methyl sites for hydroxylation is 2. The van der Waals surface area contributed by atoms with Gasteiger partial charge in [0.05, 0.1) is 50.1 Å². The average Bonchev–Trinajstić information content (AvgIpc) is 3.28. The Morgan fingerprint density at radius 1 is 0.974 bits per heavy atom. The van der Waals surface area contributed by atoms with Crippen LogP contribution in [0.4, 0.5) is 0 Å². The molecule has 9 nitrogen and oxygen atoms in total. The van der Waals surface area contributed by atoms with Crippen molar-refractivity contribution in [3.05, 3.63) is 46.5 Å². The van der Waals surface area contributed by atoms with E-state index >= 15 is 0 Å². The molecule has 210 valence electrons. The van der Waals surface area contributed by atoms with E-state index in [4.69, 9.17) is 28.2 Å².